The summed E-state index contributed by atoms with van der Waals surface area (Å²) in [5.41, 5.74) is 4.69. The maximum Gasteiger partial charge on any atom is 0.485 e. The van der Waals surface area contributed by atoms with Crippen molar-refractivity contribution in [2.24, 2.45) is 0 Å². The topological polar surface area (TPSA) is 83.5 Å². The standard InChI is InChI=1S/C23H32NO2.CHF3O3S/c1-14-12-20(10-11-22(14)24(7,8)9)23(25)26-13-21-18(5)16(3)15(2)17(4)19(21)6;2-1(3,4)8(5,6)7/h10-12H,13H2,1-9H3;(H,5,6,7)/q+1;/p-1. The van der Waals surface area contributed by atoms with Crippen molar-refractivity contribution in [3.63, 3.8) is 0 Å². The number of hydrogen-bond acceptors (Lipinski definition) is 5. The smallest absolute Gasteiger partial charge is 0.485 e. The van der Waals surface area contributed by atoms with Gasteiger partial charge < -0.3 is 9.29 Å². The van der Waals surface area contributed by atoms with Crippen LogP contribution in [-0.4, -0.2) is 45.6 Å². The molecule has 0 N–H and O–H groups in total. The largest absolute Gasteiger partial charge is 0.741 e. The molecule has 0 saturated heterocycles. The van der Waals surface area contributed by atoms with Crippen LogP contribution in [0, 0.1) is 41.5 Å². The molecule has 0 bridgehead atoms. The Kier molecular flexibility index (Phi) is 9.10. The Morgan fingerprint density at radius 1 is 0.912 bits per heavy atom. The first kappa shape index (κ1) is 29.6. The van der Waals surface area contributed by atoms with Gasteiger partial charge in [0.1, 0.15) is 12.3 Å². The second-order valence-corrected chi connectivity index (χ2v) is 10.5. The van der Waals surface area contributed by atoms with Crippen molar-refractivity contribution in [3.8, 4) is 0 Å². The van der Waals surface area contributed by atoms with Crippen molar-refractivity contribution in [1.29, 1.82) is 0 Å². The molecule has 190 valence electrons. The van der Waals surface area contributed by atoms with Gasteiger partial charge in [-0.1, -0.05) is 0 Å². The lowest BCUT2D eigenvalue weighted by molar-refractivity contribution is -0.0517. The molecule has 6 nitrogen and oxygen atoms in total. The van der Waals surface area contributed by atoms with Crippen LogP contribution in [0.5, 0.6) is 0 Å². The van der Waals surface area contributed by atoms with Gasteiger partial charge in [0.2, 0.25) is 0 Å². The van der Waals surface area contributed by atoms with Gasteiger partial charge in [-0.2, -0.15) is 13.2 Å². The molecule has 0 fully saturated rings. The number of carbonyl (C=O) groups is 1. The Morgan fingerprint density at radius 2 is 1.32 bits per heavy atom. The number of carbonyl (C=O) groups excluding carboxylic acids is 1. The van der Waals surface area contributed by atoms with Gasteiger partial charge in [0, 0.05) is 11.6 Å². The van der Waals surface area contributed by atoms with Gasteiger partial charge in [0.05, 0.1) is 26.7 Å². The molecule has 0 aromatic heterocycles. The van der Waals surface area contributed by atoms with E-state index in [1.807, 2.05) is 25.1 Å². The van der Waals surface area contributed by atoms with Crippen molar-refractivity contribution < 1.29 is 35.7 Å². The molecular formula is C24H32F3NO5S. The lowest BCUT2D eigenvalue weighted by atomic mass is 9.90. The van der Waals surface area contributed by atoms with Crippen LogP contribution in [0.15, 0.2) is 18.2 Å². The van der Waals surface area contributed by atoms with E-state index in [1.54, 1.807) is 0 Å². The van der Waals surface area contributed by atoms with Crippen molar-refractivity contribution in [3.05, 3.63) is 62.7 Å². The highest BCUT2D eigenvalue weighted by atomic mass is 32.2. The lowest BCUT2D eigenvalue weighted by Gasteiger charge is -2.25. The van der Waals surface area contributed by atoms with Gasteiger partial charge >= 0.3 is 11.5 Å². The molecular weight excluding hydrogens is 471 g/mol. The number of aryl methyl sites for hydroxylation is 1. The first-order chi connectivity index (χ1) is 15.2. The number of quaternary nitrogens is 1. The van der Waals surface area contributed by atoms with Crippen LogP contribution in [0.4, 0.5) is 18.9 Å². The fraction of sp³-hybridized carbons (Fsp3) is 0.458. The Bertz CT molecular complexity index is 1150. The van der Waals surface area contributed by atoms with E-state index in [2.05, 4.69) is 55.8 Å². The number of alkyl halides is 3. The summed E-state index contributed by atoms with van der Waals surface area (Å²) in [5, 5.41) is 0. The first-order valence-electron chi connectivity index (χ1n) is 10.4. The van der Waals surface area contributed by atoms with E-state index in [4.69, 9.17) is 17.7 Å². The number of halogens is 3. The molecule has 34 heavy (non-hydrogen) atoms. The molecule has 0 heterocycles. The first-order valence-corrected chi connectivity index (χ1v) is 11.8. The van der Waals surface area contributed by atoms with Crippen molar-refractivity contribution in [2.75, 3.05) is 21.1 Å². The predicted octanol–water partition coefficient (Wildman–Crippen LogP) is 5.14. The molecule has 0 radical (unpaired) electrons. The second-order valence-electron chi connectivity index (χ2n) is 9.09. The summed E-state index contributed by atoms with van der Waals surface area (Å²) in [5.74, 6) is -0.268. The Morgan fingerprint density at radius 3 is 1.68 bits per heavy atom. The number of rotatable bonds is 4. The molecule has 0 spiro atoms. The molecule has 0 unspecified atom stereocenters. The highest BCUT2D eigenvalue weighted by Crippen LogP contribution is 2.27. The monoisotopic (exact) mass is 503 g/mol. The highest BCUT2D eigenvalue weighted by Gasteiger charge is 2.36. The zero-order valence-corrected chi connectivity index (χ0v) is 21.8. The van der Waals surface area contributed by atoms with E-state index in [0.29, 0.717) is 12.2 Å². The van der Waals surface area contributed by atoms with Crippen LogP contribution < -0.4 is 4.48 Å². The van der Waals surface area contributed by atoms with E-state index in [9.17, 15) is 18.0 Å². The fourth-order valence-corrected chi connectivity index (χ4v) is 3.55. The van der Waals surface area contributed by atoms with Crippen LogP contribution in [-0.2, 0) is 21.5 Å². The molecule has 2 rings (SSSR count). The highest BCUT2D eigenvalue weighted by molar-refractivity contribution is 7.86. The summed E-state index contributed by atoms with van der Waals surface area (Å²) in [4.78, 5) is 12.6. The summed E-state index contributed by atoms with van der Waals surface area (Å²) in [6, 6.07) is 5.80. The van der Waals surface area contributed by atoms with Gasteiger partial charge in [-0.3, -0.25) is 4.48 Å². The van der Waals surface area contributed by atoms with E-state index in [-0.39, 0.29) is 5.97 Å². The van der Waals surface area contributed by atoms with Crippen LogP contribution in [0.25, 0.3) is 0 Å². The van der Waals surface area contributed by atoms with Gasteiger partial charge in [-0.15, -0.1) is 0 Å². The Balaban J connectivity index is 0.000000620. The molecule has 10 heteroatoms. The third-order valence-electron chi connectivity index (χ3n) is 5.94. The third-order valence-corrected chi connectivity index (χ3v) is 6.51. The third kappa shape index (κ3) is 7.04. The van der Waals surface area contributed by atoms with Crippen molar-refractivity contribution in [1.82, 2.24) is 4.48 Å². The van der Waals surface area contributed by atoms with Crippen LogP contribution in [0.1, 0.15) is 49.3 Å². The summed E-state index contributed by atoms with van der Waals surface area (Å²) >= 11 is 0. The van der Waals surface area contributed by atoms with Gasteiger partial charge in [-0.05, 0) is 87.1 Å². The molecule has 0 atom stereocenters. The number of nitrogens with zero attached hydrogens (tertiary/aromatic N) is 1. The lowest BCUT2D eigenvalue weighted by Crippen LogP contribution is -2.35. The minimum Gasteiger partial charge on any atom is -0.741 e. The summed E-state index contributed by atoms with van der Waals surface area (Å²) < 4.78 is 65.3. The summed E-state index contributed by atoms with van der Waals surface area (Å²) in [7, 11) is 0.267. The number of benzene rings is 2. The minimum atomic E-state index is -6.09. The predicted molar refractivity (Wildman–Crippen MR) is 126 cm³/mol. The van der Waals surface area contributed by atoms with E-state index in [1.165, 1.54) is 33.5 Å². The zero-order valence-electron chi connectivity index (χ0n) is 21.0. The average molecular weight is 504 g/mol. The van der Waals surface area contributed by atoms with Crippen molar-refractivity contribution >= 4 is 21.8 Å². The molecule has 0 aliphatic rings. The zero-order chi connectivity index (χ0) is 26.8. The second kappa shape index (κ2) is 10.5. The van der Waals surface area contributed by atoms with Gasteiger partial charge in [0.25, 0.3) is 0 Å². The molecule has 0 aliphatic carbocycles. The normalized spacial score (nSPS) is 12.1. The molecule has 2 aromatic rings. The minimum absolute atomic E-state index is 0.268. The Hall–Kier alpha value is -2.43. The fourth-order valence-electron chi connectivity index (χ4n) is 3.55. The number of ether oxygens (including phenoxy) is 1. The van der Waals surface area contributed by atoms with Gasteiger partial charge in [0.15, 0.2) is 10.1 Å². The summed E-state index contributed by atoms with van der Waals surface area (Å²) in [6.45, 7) is 13.0. The van der Waals surface area contributed by atoms with Gasteiger partial charge in [-0.25, -0.2) is 13.2 Å². The van der Waals surface area contributed by atoms with E-state index in [0.717, 1.165) is 15.6 Å². The molecule has 2 aromatic carbocycles. The number of hydrogen-bond donors (Lipinski definition) is 0. The maximum atomic E-state index is 12.6. The maximum absolute atomic E-state index is 12.6. The van der Waals surface area contributed by atoms with E-state index < -0.39 is 15.6 Å². The van der Waals surface area contributed by atoms with E-state index >= 15 is 0 Å². The van der Waals surface area contributed by atoms with Crippen LogP contribution >= 0.6 is 0 Å². The SMILES string of the molecule is Cc1cc(C(=O)OCc2c(C)c(C)c(C)c(C)c2C)ccc1[N+](C)(C)C.O=S(=O)([O-])C(F)(F)F. The summed E-state index contributed by atoms with van der Waals surface area (Å²) in [6.07, 6.45) is 0. The molecule has 0 saturated carbocycles. The molecule has 0 amide bonds. The van der Waals surface area contributed by atoms with Crippen LogP contribution in [0.3, 0.4) is 0 Å². The van der Waals surface area contributed by atoms with Crippen molar-refractivity contribution in [2.45, 2.75) is 53.7 Å². The van der Waals surface area contributed by atoms with Crippen LogP contribution in [0.2, 0.25) is 0 Å². The quantitative estimate of drug-likeness (QED) is 0.250. The number of esters is 1. The Labute approximate surface area is 199 Å². The average Bonchev–Trinajstić information content (AvgIpc) is 2.68. The molecule has 0 aliphatic heterocycles.